The van der Waals surface area contributed by atoms with Gasteiger partial charge in [0.2, 0.25) is 0 Å². The molecule has 4 nitrogen and oxygen atoms in total. The van der Waals surface area contributed by atoms with E-state index in [4.69, 9.17) is 5.11 Å². The Morgan fingerprint density at radius 3 is 2.28 bits per heavy atom. The van der Waals surface area contributed by atoms with Crippen molar-refractivity contribution in [3.05, 3.63) is 25.6 Å². The normalized spacial score (nSPS) is 17.1. The standard InChI is InChI=1S/C11H11Br3N2O2/c12-6-1-7(13)10(8(14)2-6)16-11(3-9(17)18)4-15-5-11/h1-2,15-16H,3-5H2,(H,17,18). The molecule has 7 heteroatoms. The number of rotatable bonds is 4. The lowest BCUT2D eigenvalue weighted by Crippen LogP contribution is -2.65. The fraction of sp³-hybridized carbons (Fsp3) is 0.364. The first-order chi connectivity index (χ1) is 8.42. The van der Waals surface area contributed by atoms with Crippen LogP contribution in [0.2, 0.25) is 0 Å². The molecule has 1 saturated heterocycles. The second-order valence-corrected chi connectivity index (χ2v) is 6.95. The summed E-state index contributed by atoms with van der Waals surface area (Å²) in [5, 5.41) is 15.4. The molecule has 0 bridgehead atoms. The molecule has 0 aromatic heterocycles. The average Bonchev–Trinajstić information content (AvgIpc) is 2.18. The summed E-state index contributed by atoms with van der Waals surface area (Å²) in [5.74, 6) is -0.798. The highest BCUT2D eigenvalue weighted by Gasteiger charge is 2.39. The molecular formula is C11H11Br3N2O2. The van der Waals surface area contributed by atoms with Crippen LogP contribution in [0.1, 0.15) is 6.42 Å². The van der Waals surface area contributed by atoms with E-state index in [9.17, 15) is 4.79 Å². The third-order valence-corrected chi connectivity index (χ3v) is 4.52. The van der Waals surface area contributed by atoms with Crippen molar-refractivity contribution in [1.29, 1.82) is 0 Å². The Bertz CT molecular complexity index is 466. The molecule has 0 aliphatic carbocycles. The third-order valence-electron chi connectivity index (χ3n) is 2.81. The van der Waals surface area contributed by atoms with Gasteiger partial charge in [-0.05, 0) is 44.0 Å². The minimum absolute atomic E-state index is 0.0922. The van der Waals surface area contributed by atoms with Gasteiger partial charge in [-0.2, -0.15) is 0 Å². The predicted molar refractivity (Wildman–Crippen MR) is 81.0 cm³/mol. The van der Waals surface area contributed by atoms with Gasteiger partial charge in [-0.15, -0.1) is 0 Å². The van der Waals surface area contributed by atoms with Crippen LogP contribution < -0.4 is 10.6 Å². The predicted octanol–water partition coefficient (Wildman–Crippen LogP) is 3.20. The third kappa shape index (κ3) is 3.07. The summed E-state index contributed by atoms with van der Waals surface area (Å²) in [6.45, 7) is 1.29. The topological polar surface area (TPSA) is 61.4 Å². The van der Waals surface area contributed by atoms with Crippen LogP contribution in [0, 0.1) is 0 Å². The molecule has 0 radical (unpaired) electrons. The van der Waals surface area contributed by atoms with Crippen LogP contribution >= 0.6 is 47.8 Å². The molecule has 98 valence electrons. The molecular weight excluding hydrogens is 432 g/mol. The number of hydrogen-bond donors (Lipinski definition) is 3. The van der Waals surface area contributed by atoms with E-state index in [0.717, 1.165) is 19.1 Å². The Balaban J connectivity index is 2.25. The molecule has 1 aromatic carbocycles. The van der Waals surface area contributed by atoms with Gasteiger partial charge in [-0.1, -0.05) is 15.9 Å². The highest BCUT2D eigenvalue weighted by Crippen LogP contribution is 2.37. The van der Waals surface area contributed by atoms with Crippen molar-refractivity contribution < 1.29 is 9.90 Å². The number of carboxylic acid groups (broad SMARTS) is 1. The molecule has 18 heavy (non-hydrogen) atoms. The maximum atomic E-state index is 10.9. The molecule has 0 amide bonds. The molecule has 1 fully saturated rings. The zero-order valence-corrected chi connectivity index (χ0v) is 14.0. The molecule has 0 saturated carbocycles. The molecule has 1 aliphatic heterocycles. The maximum absolute atomic E-state index is 10.9. The number of benzene rings is 1. The number of halogens is 3. The van der Waals surface area contributed by atoms with Gasteiger partial charge < -0.3 is 15.7 Å². The second kappa shape index (κ2) is 5.48. The van der Waals surface area contributed by atoms with Crippen molar-refractivity contribution in [2.45, 2.75) is 12.0 Å². The summed E-state index contributed by atoms with van der Waals surface area (Å²) in [6, 6.07) is 3.85. The first-order valence-corrected chi connectivity index (χ1v) is 7.65. The lowest BCUT2D eigenvalue weighted by Gasteiger charge is -2.43. The quantitative estimate of drug-likeness (QED) is 0.670. The Labute approximate surface area is 130 Å². The van der Waals surface area contributed by atoms with E-state index < -0.39 is 11.5 Å². The van der Waals surface area contributed by atoms with Crippen LogP contribution in [0.4, 0.5) is 5.69 Å². The molecule has 0 atom stereocenters. The van der Waals surface area contributed by atoms with Crippen LogP contribution in [0.15, 0.2) is 25.6 Å². The zero-order valence-electron chi connectivity index (χ0n) is 9.27. The summed E-state index contributed by atoms with van der Waals surface area (Å²) in [7, 11) is 0. The molecule has 0 spiro atoms. The van der Waals surface area contributed by atoms with Crippen LogP contribution in [-0.4, -0.2) is 29.7 Å². The molecule has 1 aliphatic rings. The van der Waals surface area contributed by atoms with E-state index in [2.05, 4.69) is 58.4 Å². The lowest BCUT2D eigenvalue weighted by molar-refractivity contribution is -0.138. The number of carbonyl (C=O) groups is 1. The van der Waals surface area contributed by atoms with E-state index in [1.54, 1.807) is 0 Å². The first-order valence-electron chi connectivity index (χ1n) is 5.27. The summed E-state index contributed by atoms with van der Waals surface area (Å²) in [4.78, 5) is 10.9. The van der Waals surface area contributed by atoms with E-state index in [1.807, 2.05) is 12.1 Å². The molecule has 0 unspecified atom stereocenters. The summed E-state index contributed by atoms with van der Waals surface area (Å²) < 4.78 is 2.73. The van der Waals surface area contributed by atoms with Crippen molar-refractivity contribution in [2.24, 2.45) is 0 Å². The van der Waals surface area contributed by atoms with E-state index >= 15 is 0 Å². The fourth-order valence-corrected chi connectivity index (χ4v) is 4.36. The van der Waals surface area contributed by atoms with Gasteiger partial charge in [0.15, 0.2) is 0 Å². The van der Waals surface area contributed by atoms with Gasteiger partial charge in [0.1, 0.15) is 0 Å². The Kier molecular flexibility index (Phi) is 4.36. The minimum Gasteiger partial charge on any atom is -0.481 e. The summed E-state index contributed by atoms with van der Waals surface area (Å²) in [5.41, 5.74) is 0.464. The second-order valence-electron chi connectivity index (χ2n) is 4.32. The lowest BCUT2D eigenvalue weighted by atomic mass is 9.88. The summed E-state index contributed by atoms with van der Waals surface area (Å²) >= 11 is 10.4. The maximum Gasteiger partial charge on any atom is 0.305 e. The smallest absolute Gasteiger partial charge is 0.305 e. The van der Waals surface area contributed by atoms with Gasteiger partial charge in [0.25, 0.3) is 0 Å². The zero-order chi connectivity index (χ0) is 13.3. The van der Waals surface area contributed by atoms with Crippen LogP contribution in [0.5, 0.6) is 0 Å². The van der Waals surface area contributed by atoms with Crippen molar-refractivity contribution in [2.75, 3.05) is 18.4 Å². The first kappa shape index (κ1) is 14.3. The highest BCUT2D eigenvalue weighted by atomic mass is 79.9. The highest BCUT2D eigenvalue weighted by molar-refractivity contribution is 9.11. The fourth-order valence-electron chi connectivity index (χ4n) is 1.90. The number of nitrogens with one attached hydrogen (secondary N) is 2. The minimum atomic E-state index is -0.798. The van der Waals surface area contributed by atoms with E-state index in [0.29, 0.717) is 13.1 Å². The monoisotopic (exact) mass is 440 g/mol. The van der Waals surface area contributed by atoms with E-state index in [-0.39, 0.29) is 6.42 Å². The van der Waals surface area contributed by atoms with Gasteiger partial charge in [0.05, 0.1) is 17.6 Å². The van der Waals surface area contributed by atoms with Gasteiger partial charge in [0, 0.05) is 26.5 Å². The van der Waals surface area contributed by atoms with Crippen LogP contribution in [0.3, 0.4) is 0 Å². The van der Waals surface area contributed by atoms with Crippen molar-refractivity contribution in [3.8, 4) is 0 Å². The number of aliphatic carboxylic acids is 1. The largest absolute Gasteiger partial charge is 0.481 e. The van der Waals surface area contributed by atoms with Crippen molar-refractivity contribution in [1.82, 2.24) is 5.32 Å². The van der Waals surface area contributed by atoms with Gasteiger partial charge in [-0.25, -0.2) is 0 Å². The van der Waals surface area contributed by atoms with Crippen molar-refractivity contribution in [3.63, 3.8) is 0 Å². The molecule has 1 heterocycles. The van der Waals surface area contributed by atoms with Gasteiger partial charge in [-0.3, -0.25) is 4.79 Å². The van der Waals surface area contributed by atoms with Gasteiger partial charge >= 0.3 is 5.97 Å². The van der Waals surface area contributed by atoms with Crippen molar-refractivity contribution >= 4 is 59.4 Å². The molecule has 1 aromatic rings. The van der Waals surface area contributed by atoms with Crippen LogP contribution in [-0.2, 0) is 4.79 Å². The number of carboxylic acids is 1. The number of anilines is 1. The van der Waals surface area contributed by atoms with E-state index in [1.165, 1.54) is 0 Å². The number of hydrogen-bond acceptors (Lipinski definition) is 3. The van der Waals surface area contributed by atoms with Crippen LogP contribution in [0.25, 0.3) is 0 Å². The molecule has 2 rings (SSSR count). The SMILES string of the molecule is O=C(O)CC1(Nc2c(Br)cc(Br)cc2Br)CNC1. The Hall–Kier alpha value is -0.110. The summed E-state index contributed by atoms with van der Waals surface area (Å²) in [6.07, 6.45) is 0.0922. The Morgan fingerprint density at radius 2 is 1.89 bits per heavy atom. The molecule has 3 N–H and O–H groups in total. The average molecular weight is 443 g/mol. The Morgan fingerprint density at radius 1 is 1.33 bits per heavy atom.